The van der Waals surface area contributed by atoms with Gasteiger partial charge in [-0.15, -0.1) is 0 Å². The second kappa shape index (κ2) is 4.53. The van der Waals surface area contributed by atoms with Crippen LogP contribution in [0.4, 0.5) is 0 Å². The van der Waals surface area contributed by atoms with Crippen molar-refractivity contribution in [1.82, 2.24) is 19.9 Å². The highest BCUT2D eigenvalue weighted by Crippen LogP contribution is 2.32. The quantitative estimate of drug-likeness (QED) is 0.537. The summed E-state index contributed by atoms with van der Waals surface area (Å²) >= 11 is 6.04. The smallest absolute Gasteiger partial charge is 0.225 e. The largest absolute Gasteiger partial charge is 0.341 e. The van der Waals surface area contributed by atoms with E-state index in [1.807, 2.05) is 12.1 Å². The number of halogens is 1. The molecule has 4 nitrogen and oxygen atoms in total. The van der Waals surface area contributed by atoms with Crippen molar-refractivity contribution in [3.8, 4) is 11.3 Å². The van der Waals surface area contributed by atoms with Crippen LogP contribution in [0.5, 0.6) is 0 Å². The Hall–Kier alpha value is -2.46. The summed E-state index contributed by atoms with van der Waals surface area (Å²) in [5, 5.41) is 2.55. The van der Waals surface area contributed by atoms with Crippen molar-refractivity contribution in [2.45, 2.75) is 6.92 Å². The highest BCUT2D eigenvalue weighted by Gasteiger charge is 2.14. The first-order chi connectivity index (χ1) is 10.2. The lowest BCUT2D eigenvalue weighted by atomic mass is 9.98. The lowest BCUT2D eigenvalue weighted by Gasteiger charge is -2.09. The van der Waals surface area contributed by atoms with Crippen molar-refractivity contribution in [2.24, 2.45) is 0 Å². The zero-order chi connectivity index (χ0) is 14.4. The van der Waals surface area contributed by atoms with E-state index in [2.05, 4.69) is 51.1 Å². The molecule has 1 N–H and O–H groups in total. The van der Waals surface area contributed by atoms with Gasteiger partial charge >= 0.3 is 0 Å². The molecule has 0 saturated heterocycles. The Kier molecular flexibility index (Phi) is 2.65. The molecule has 2 aromatic carbocycles. The standard InChI is InChI=1S/C16H11ClN4/c1-9-6-7-12(11-5-3-2-4-10(9)11)13-14-15(19-8-18-14)21-16(17)20-13/h2-8H,1H3,(H,18,19,20,21). The summed E-state index contributed by atoms with van der Waals surface area (Å²) in [4.78, 5) is 15.8. The predicted molar refractivity (Wildman–Crippen MR) is 84.4 cm³/mol. The lowest BCUT2D eigenvalue weighted by Crippen LogP contribution is -1.92. The van der Waals surface area contributed by atoms with Gasteiger partial charge in [-0.25, -0.2) is 9.97 Å². The maximum Gasteiger partial charge on any atom is 0.225 e. The fraction of sp³-hybridized carbons (Fsp3) is 0.0625. The third kappa shape index (κ3) is 1.87. The monoisotopic (exact) mass is 294 g/mol. The van der Waals surface area contributed by atoms with E-state index in [4.69, 9.17) is 11.6 Å². The molecule has 0 atom stereocenters. The molecule has 0 aliphatic rings. The number of imidazole rings is 1. The van der Waals surface area contributed by atoms with Crippen LogP contribution in [0.2, 0.25) is 5.28 Å². The molecule has 4 aromatic rings. The zero-order valence-corrected chi connectivity index (χ0v) is 12.0. The van der Waals surface area contributed by atoms with Gasteiger partial charge in [0.25, 0.3) is 0 Å². The van der Waals surface area contributed by atoms with Gasteiger partial charge in [0.15, 0.2) is 5.65 Å². The van der Waals surface area contributed by atoms with Crippen LogP contribution in [0, 0.1) is 6.92 Å². The van der Waals surface area contributed by atoms with Gasteiger partial charge in [0, 0.05) is 5.56 Å². The molecule has 21 heavy (non-hydrogen) atoms. The van der Waals surface area contributed by atoms with Crippen LogP contribution in [-0.4, -0.2) is 19.9 Å². The third-order valence-electron chi connectivity index (χ3n) is 3.66. The Morgan fingerprint density at radius 1 is 1.00 bits per heavy atom. The van der Waals surface area contributed by atoms with Gasteiger partial charge in [0.1, 0.15) is 11.2 Å². The zero-order valence-electron chi connectivity index (χ0n) is 11.3. The van der Waals surface area contributed by atoms with Crippen molar-refractivity contribution < 1.29 is 0 Å². The summed E-state index contributed by atoms with van der Waals surface area (Å²) in [6.07, 6.45) is 1.61. The van der Waals surface area contributed by atoms with Crippen LogP contribution in [-0.2, 0) is 0 Å². The Bertz CT molecular complexity index is 975. The average Bonchev–Trinajstić information content (AvgIpc) is 2.95. The number of nitrogens with one attached hydrogen (secondary N) is 1. The fourth-order valence-electron chi connectivity index (χ4n) is 2.66. The minimum Gasteiger partial charge on any atom is -0.341 e. The van der Waals surface area contributed by atoms with E-state index in [1.165, 1.54) is 10.9 Å². The summed E-state index contributed by atoms with van der Waals surface area (Å²) in [7, 11) is 0. The molecule has 0 saturated carbocycles. The van der Waals surface area contributed by atoms with E-state index in [0.717, 1.165) is 22.2 Å². The molecule has 5 heteroatoms. The summed E-state index contributed by atoms with van der Waals surface area (Å²) in [6.45, 7) is 2.10. The molecule has 0 aliphatic carbocycles. The maximum absolute atomic E-state index is 6.04. The molecule has 2 heterocycles. The van der Waals surface area contributed by atoms with Crippen LogP contribution < -0.4 is 0 Å². The second-order valence-corrected chi connectivity index (χ2v) is 5.26. The molecule has 4 rings (SSSR count). The number of aromatic nitrogens is 4. The van der Waals surface area contributed by atoms with Gasteiger partial charge in [-0.1, -0.05) is 36.4 Å². The average molecular weight is 295 g/mol. The molecule has 2 aromatic heterocycles. The van der Waals surface area contributed by atoms with Crippen molar-refractivity contribution in [3.63, 3.8) is 0 Å². The molecule has 0 aliphatic heterocycles. The first-order valence-corrected chi connectivity index (χ1v) is 6.97. The van der Waals surface area contributed by atoms with Crippen molar-refractivity contribution in [3.05, 3.63) is 53.6 Å². The second-order valence-electron chi connectivity index (χ2n) is 4.92. The Morgan fingerprint density at radius 2 is 1.81 bits per heavy atom. The Morgan fingerprint density at radius 3 is 2.67 bits per heavy atom. The summed E-state index contributed by atoms with van der Waals surface area (Å²) < 4.78 is 0. The van der Waals surface area contributed by atoms with Crippen molar-refractivity contribution >= 4 is 33.5 Å². The van der Waals surface area contributed by atoms with Gasteiger partial charge in [-0.3, -0.25) is 0 Å². The van der Waals surface area contributed by atoms with E-state index < -0.39 is 0 Å². The molecule has 0 spiro atoms. The van der Waals surface area contributed by atoms with Gasteiger partial charge < -0.3 is 4.98 Å². The fourth-order valence-corrected chi connectivity index (χ4v) is 2.82. The van der Waals surface area contributed by atoms with Crippen LogP contribution >= 0.6 is 11.6 Å². The van der Waals surface area contributed by atoms with Crippen molar-refractivity contribution in [2.75, 3.05) is 0 Å². The molecule has 0 bridgehead atoms. The minimum atomic E-state index is 0.203. The minimum absolute atomic E-state index is 0.203. The molecule has 0 radical (unpaired) electrons. The predicted octanol–water partition coefficient (Wildman–Crippen LogP) is 4.13. The topological polar surface area (TPSA) is 54.5 Å². The van der Waals surface area contributed by atoms with E-state index in [0.29, 0.717) is 5.65 Å². The molecule has 0 unspecified atom stereocenters. The summed E-state index contributed by atoms with van der Waals surface area (Å²) in [5.41, 5.74) is 4.41. The molecule has 102 valence electrons. The van der Waals surface area contributed by atoms with Crippen LogP contribution in [0.25, 0.3) is 33.2 Å². The van der Waals surface area contributed by atoms with Gasteiger partial charge in [-0.05, 0) is 34.9 Å². The number of benzene rings is 2. The number of rotatable bonds is 1. The van der Waals surface area contributed by atoms with E-state index >= 15 is 0 Å². The van der Waals surface area contributed by atoms with Crippen LogP contribution in [0.3, 0.4) is 0 Å². The molecular weight excluding hydrogens is 284 g/mol. The van der Waals surface area contributed by atoms with E-state index in [9.17, 15) is 0 Å². The van der Waals surface area contributed by atoms with Crippen molar-refractivity contribution in [1.29, 1.82) is 0 Å². The third-order valence-corrected chi connectivity index (χ3v) is 3.82. The number of aryl methyl sites for hydroxylation is 1. The number of nitrogens with zero attached hydrogens (tertiary/aromatic N) is 3. The number of fused-ring (bicyclic) bond motifs is 2. The number of hydrogen-bond acceptors (Lipinski definition) is 3. The number of hydrogen-bond donors (Lipinski definition) is 1. The van der Waals surface area contributed by atoms with Crippen LogP contribution in [0.1, 0.15) is 5.56 Å². The highest BCUT2D eigenvalue weighted by molar-refractivity contribution is 6.28. The first kappa shape index (κ1) is 12.3. The number of H-pyrrole nitrogens is 1. The van der Waals surface area contributed by atoms with Crippen LogP contribution in [0.15, 0.2) is 42.7 Å². The van der Waals surface area contributed by atoms with Gasteiger partial charge in [0.05, 0.1) is 6.33 Å². The summed E-state index contributed by atoms with van der Waals surface area (Å²) in [5.74, 6) is 0. The highest BCUT2D eigenvalue weighted by atomic mass is 35.5. The SMILES string of the molecule is Cc1ccc(-c2nc(Cl)nc3nc[nH]c23)c2ccccc12. The number of aromatic amines is 1. The first-order valence-electron chi connectivity index (χ1n) is 6.59. The van der Waals surface area contributed by atoms with E-state index in [-0.39, 0.29) is 5.28 Å². The Balaban J connectivity index is 2.14. The maximum atomic E-state index is 6.04. The molecule has 0 amide bonds. The summed E-state index contributed by atoms with van der Waals surface area (Å²) in [6, 6.07) is 12.4. The Labute approximate surface area is 125 Å². The van der Waals surface area contributed by atoms with Gasteiger partial charge in [-0.2, -0.15) is 4.98 Å². The normalized spacial score (nSPS) is 11.3. The molecular formula is C16H11ClN4. The van der Waals surface area contributed by atoms with Gasteiger partial charge in [0.2, 0.25) is 5.28 Å². The lowest BCUT2D eigenvalue weighted by molar-refractivity contribution is 1.20. The molecule has 0 fully saturated rings. The van der Waals surface area contributed by atoms with E-state index in [1.54, 1.807) is 6.33 Å².